The maximum Gasteiger partial charge on any atom is 0.0468 e. The Labute approximate surface area is 559 Å². The number of rotatable bonds is 8. The van der Waals surface area contributed by atoms with E-state index in [9.17, 15) is 0 Å². The van der Waals surface area contributed by atoms with Gasteiger partial charge >= 0.3 is 0 Å². The van der Waals surface area contributed by atoms with Crippen LogP contribution in [-0.2, 0) is 21.7 Å². The van der Waals surface area contributed by atoms with Crippen LogP contribution >= 0.6 is 0 Å². The lowest BCUT2D eigenvalue weighted by atomic mass is 9.67. The Balaban J connectivity index is 0.961. The topological polar surface area (TPSA) is 6.48 Å². The van der Waals surface area contributed by atoms with Gasteiger partial charge in [-0.1, -0.05) is 275 Å². The third-order valence-electron chi connectivity index (χ3n) is 22.6. The minimum atomic E-state index is -0.231. The number of nitrogens with zero attached hydrogens (tertiary/aromatic N) is 2. The average Bonchev–Trinajstić information content (AvgIpc) is 1.10. The highest BCUT2D eigenvalue weighted by molar-refractivity contribution is 6.28. The number of fused-ring (bicyclic) bond motifs is 10. The van der Waals surface area contributed by atoms with Crippen molar-refractivity contribution in [3.63, 3.8) is 0 Å². The van der Waals surface area contributed by atoms with Crippen molar-refractivity contribution in [3.05, 3.63) is 330 Å². The number of hydrogen-bond acceptors (Lipinski definition) is 2. The van der Waals surface area contributed by atoms with Crippen molar-refractivity contribution >= 4 is 82.8 Å². The van der Waals surface area contributed by atoms with Crippen LogP contribution < -0.4 is 9.80 Å². The zero-order chi connectivity index (χ0) is 64.4. The molecule has 0 radical (unpaired) electrons. The van der Waals surface area contributed by atoms with Crippen LogP contribution in [0.2, 0.25) is 0 Å². The summed E-state index contributed by atoms with van der Waals surface area (Å²) in [6.45, 7) is 21.5. The minimum absolute atomic E-state index is 0.00205. The molecule has 0 amide bonds. The van der Waals surface area contributed by atoms with E-state index in [-0.39, 0.29) is 21.7 Å². The molecule has 0 aliphatic heterocycles. The summed E-state index contributed by atoms with van der Waals surface area (Å²) in [5, 5.41) is 9.98. The van der Waals surface area contributed by atoms with Gasteiger partial charge in [-0.2, -0.15) is 0 Å². The van der Waals surface area contributed by atoms with Crippen LogP contribution in [0.5, 0.6) is 0 Å². The van der Waals surface area contributed by atoms with Gasteiger partial charge in [0, 0.05) is 62.2 Å². The molecule has 2 unspecified atom stereocenters. The summed E-state index contributed by atoms with van der Waals surface area (Å²) in [7, 11) is 0. The predicted molar refractivity (Wildman–Crippen MR) is 405 cm³/mol. The molecule has 2 heteroatoms. The Hall–Kier alpha value is -10.5. The Bertz CT molecular complexity index is 5540. The third-order valence-corrected chi connectivity index (χ3v) is 22.6. The summed E-state index contributed by atoms with van der Waals surface area (Å²) >= 11 is 0. The lowest BCUT2D eigenvalue weighted by molar-refractivity contribution is 0.511. The van der Waals surface area contributed by atoms with Crippen LogP contribution in [-0.4, -0.2) is 0 Å². The molecule has 5 aliphatic rings. The molecule has 0 spiro atoms. The summed E-state index contributed by atoms with van der Waals surface area (Å²) in [5.41, 5.74) is 28.5. The van der Waals surface area contributed by atoms with E-state index in [0.717, 1.165) is 34.1 Å². The van der Waals surface area contributed by atoms with E-state index >= 15 is 0 Å². The molecular weight excluding hydrogens is 1150 g/mol. The zero-order valence-corrected chi connectivity index (χ0v) is 55.7. The van der Waals surface area contributed by atoms with E-state index in [1.165, 1.54) is 138 Å². The fourth-order valence-electron chi connectivity index (χ4n) is 17.9. The zero-order valence-electron chi connectivity index (χ0n) is 55.7. The van der Waals surface area contributed by atoms with Crippen LogP contribution in [0.4, 0.5) is 34.1 Å². The standard InChI is InChI=1S/C93H76N2/c1-90(2,3)58-39-41-61(42-40-58)94(59-25-12-10-13-26-59)62-44-48-75-78(54-62)85(73-52-50-71-66-30-18-20-34-80(66)91(4,5)82-36-22-32-69(73)87(71)82)76-49-45-63(55-79(76)86(75)74-53-51-72-67-31-19-21-35-81(67)92(6,7)83-37-23-33-70(74)88(72)83)95(60-27-14-11-15-28-60)64-43-47-68-77-46-38-57-24-16-17-29-65(57)89(77)93(8,9)84(68)56-64/h10-57,65H,1-9H3. The molecule has 0 heterocycles. The molecule has 18 rings (SSSR count). The van der Waals surface area contributed by atoms with Crippen molar-refractivity contribution in [2.75, 3.05) is 9.80 Å². The van der Waals surface area contributed by atoms with Crippen LogP contribution in [0, 0.1) is 11.8 Å². The molecule has 2 nitrogen and oxygen atoms in total. The van der Waals surface area contributed by atoms with Gasteiger partial charge in [0.2, 0.25) is 0 Å². The van der Waals surface area contributed by atoms with Crippen molar-refractivity contribution in [2.24, 2.45) is 11.8 Å². The van der Waals surface area contributed by atoms with Gasteiger partial charge in [0.1, 0.15) is 0 Å². The predicted octanol–water partition coefficient (Wildman–Crippen LogP) is 25.5. The molecule has 0 bridgehead atoms. The van der Waals surface area contributed by atoms with Gasteiger partial charge in [0.05, 0.1) is 0 Å². The van der Waals surface area contributed by atoms with E-state index in [1.54, 1.807) is 0 Å². The van der Waals surface area contributed by atoms with Gasteiger partial charge in [0.25, 0.3) is 0 Å². The van der Waals surface area contributed by atoms with E-state index in [1.807, 2.05) is 0 Å². The second kappa shape index (κ2) is 20.7. The van der Waals surface area contributed by atoms with Gasteiger partial charge < -0.3 is 9.80 Å². The quantitative estimate of drug-likeness (QED) is 0.140. The second-order valence-electron chi connectivity index (χ2n) is 29.9. The van der Waals surface area contributed by atoms with Crippen LogP contribution in [0.1, 0.15) is 101 Å². The Morgan fingerprint density at radius 2 is 0.737 bits per heavy atom. The molecule has 13 aromatic rings. The number of anilines is 6. The number of para-hydroxylation sites is 2. The number of allylic oxidation sites excluding steroid dienone is 8. The monoisotopic (exact) mass is 1220 g/mol. The van der Waals surface area contributed by atoms with Gasteiger partial charge in [-0.25, -0.2) is 0 Å². The highest BCUT2D eigenvalue weighted by Crippen LogP contribution is 2.59. The smallest absolute Gasteiger partial charge is 0.0468 e. The molecule has 13 aromatic carbocycles. The molecule has 0 saturated carbocycles. The Morgan fingerprint density at radius 1 is 0.305 bits per heavy atom. The maximum atomic E-state index is 2.55. The molecule has 458 valence electrons. The lowest BCUT2D eigenvalue weighted by Gasteiger charge is -2.36. The summed E-state index contributed by atoms with van der Waals surface area (Å²) in [5.74, 6) is 0.696. The van der Waals surface area contributed by atoms with Crippen LogP contribution in [0.3, 0.4) is 0 Å². The van der Waals surface area contributed by atoms with Crippen LogP contribution in [0.15, 0.2) is 291 Å². The fourth-order valence-corrected chi connectivity index (χ4v) is 17.9. The number of hydrogen-bond donors (Lipinski definition) is 0. The molecule has 0 N–H and O–H groups in total. The summed E-state index contributed by atoms with van der Waals surface area (Å²) in [6, 6.07) is 95.7. The Morgan fingerprint density at radius 3 is 1.27 bits per heavy atom. The van der Waals surface area contributed by atoms with Crippen molar-refractivity contribution in [3.8, 4) is 44.5 Å². The summed E-state index contributed by atoms with van der Waals surface area (Å²) in [4.78, 5) is 4.98. The Kier molecular flexibility index (Phi) is 12.5. The SMILES string of the molecule is CC(C)(C)c1ccc(N(c2ccccc2)c2ccc3c(-c4ccc5c6c(cccc46)C(C)(C)c4ccccc4-5)c4cc(N(c5ccccc5)c5ccc6c(c5)C(C)(C)C5=C6C=CC6C=CC=CC56)ccc4c(-c4ccc5c6c(cccc46)C(C)(C)c4ccccc4-5)c3c2)cc1. The summed E-state index contributed by atoms with van der Waals surface area (Å²) < 4.78 is 0. The van der Waals surface area contributed by atoms with Crippen molar-refractivity contribution in [1.82, 2.24) is 0 Å². The van der Waals surface area contributed by atoms with Gasteiger partial charge in [-0.15, -0.1) is 0 Å². The molecule has 0 aromatic heterocycles. The largest absolute Gasteiger partial charge is 0.310 e. The first kappa shape index (κ1) is 57.2. The van der Waals surface area contributed by atoms with Gasteiger partial charge in [-0.05, 0) is 216 Å². The first-order valence-corrected chi connectivity index (χ1v) is 34.2. The highest BCUT2D eigenvalue weighted by atomic mass is 15.1. The highest BCUT2D eigenvalue weighted by Gasteiger charge is 2.44. The maximum absolute atomic E-state index is 2.55. The first-order valence-electron chi connectivity index (χ1n) is 34.2. The molecule has 2 atom stereocenters. The third kappa shape index (κ3) is 8.42. The van der Waals surface area contributed by atoms with Crippen molar-refractivity contribution < 1.29 is 0 Å². The van der Waals surface area contributed by atoms with Gasteiger partial charge in [0.15, 0.2) is 0 Å². The second-order valence-corrected chi connectivity index (χ2v) is 29.9. The molecule has 95 heavy (non-hydrogen) atoms. The van der Waals surface area contributed by atoms with E-state index in [2.05, 4.69) is 357 Å². The molecular formula is C93H76N2. The van der Waals surface area contributed by atoms with Crippen LogP contribution in [0.25, 0.3) is 93.2 Å². The molecule has 0 fully saturated rings. The number of benzene rings is 13. The normalized spacial score (nSPS) is 17.2. The minimum Gasteiger partial charge on any atom is -0.310 e. The van der Waals surface area contributed by atoms with E-state index in [0.29, 0.717) is 11.8 Å². The molecule has 0 saturated heterocycles. The summed E-state index contributed by atoms with van der Waals surface area (Å²) in [6.07, 6.45) is 14.1. The van der Waals surface area contributed by atoms with E-state index < -0.39 is 0 Å². The fraction of sp³-hybridized carbons (Fsp3) is 0.161. The average molecular weight is 1220 g/mol. The first-order chi connectivity index (χ1) is 46.1. The molecule has 5 aliphatic carbocycles. The van der Waals surface area contributed by atoms with Crippen molar-refractivity contribution in [2.45, 2.75) is 84.0 Å². The lowest BCUT2D eigenvalue weighted by Crippen LogP contribution is -2.27. The van der Waals surface area contributed by atoms with Gasteiger partial charge in [-0.3, -0.25) is 0 Å². The van der Waals surface area contributed by atoms with E-state index in [4.69, 9.17) is 0 Å². The van der Waals surface area contributed by atoms with Crippen molar-refractivity contribution in [1.29, 1.82) is 0 Å².